The minimum atomic E-state index is -0.0533. The van der Waals surface area contributed by atoms with Crippen LogP contribution in [0.25, 0.3) is 0 Å². The minimum Gasteiger partial charge on any atom is -0.508 e. The number of aromatic hydroxyl groups is 1. The molecule has 0 aromatic heterocycles. The van der Waals surface area contributed by atoms with Crippen LogP contribution in [-0.4, -0.2) is 5.11 Å². The van der Waals surface area contributed by atoms with E-state index in [1.807, 2.05) is 0 Å². The van der Waals surface area contributed by atoms with E-state index in [9.17, 15) is 5.11 Å². The van der Waals surface area contributed by atoms with Crippen LogP contribution < -0.4 is 5.73 Å². The Hall–Kier alpha value is -0.730. The molecular formula is C10H12ClNO. The number of hydrogen-bond acceptors (Lipinski definition) is 2. The van der Waals surface area contributed by atoms with Crippen LogP contribution in [0, 0.1) is 0 Å². The molecule has 13 heavy (non-hydrogen) atoms. The fourth-order valence-corrected chi connectivity index (χ4v) is 2.20. The predicted molar refractivity (Wildman–Crippen MR) is 53.0 cm³/mol. The number of fused-ring (bicyclic) bond motifs is 1. The highest BCUT2D eigenvalue weighted by atomic mass is 35.5. The molecule has 0 unspecified atom stereocenters. The van der Waals surface area contributed by atoms with Crippen LogP contribution in [0.1, 0.15) is 30.0 Å². The van der Waals surface area contributed by atoms with Crippen LogP contribution in [0.2, 0.25) is 5.02 Å². The molecule has 3 N–H and O–H groups in total. The van der Waals surface area contributed by atoms with Gasteiger partial charge in [-0.05, 0) is 37.0 Å². The highest BCUT2D eigenvalue weighted by molar-refractivity contribution is 6.31. The lowest BCUT2D eigenvalue weighted by atomic mass is 9.87. The first-order chi connectivity index (χ1) is 6.20. The summed E-state index contributed by atoms with van der Waals surface area (Å²) in [6, 6.07) is 3.29. The van der Waals surface area contributed by atoms with E-state index in [-0.39, 0.29) is 11.8 Å². The van der Waals surface area contributed by atoms with Gasteiger partial charge in [0, 0.05) is 16.6 Å². The fraction of sp³-hybridized carbons (Fsp3) is 0.400. The molecule has 0 saturated heterocycles. The van der Waals surface area contributed by atoms with E-state index in [0.29, 0.717) is 0 Å². The lowest BCUT2D eigenvalue weighted by Crippen LogP contribution is -2.17. The summed E-state index contributed by atoms with van der Waals surface area (Å²) in [5.74, 6) is 0.284. The number of rotatable bonds is 0. The molecule has 0 bridgehead atoms. The molecule has 0 spiro atoms. The zero-order valence-electron chi connectivity index (χ0n) is 7.26. The third-order valence-electron chi connectivity index (χ3n) is 2.59. The maximum atomic E-state index is 9.61. The lowest BCUT2D eigenvalue weighted by molar-refractivity contribution is 0.448. The van der Waals surface area contributed by atoms with E-state index >= 15 is 0 Å². The molecular weight excluding hydrogens is 186 g/mol. The molecule has 0 radical (unpaired) electrons. The fourth-order valence-electron chi connectivity index (χ4n) is 1.94. The third-order valence-corrected chi connectivity index (χ3v) is 2.94. The van der Waals surface area contributed by atoms with Gasteiger partial charge >= 0.3 is 0 Å². The van der Waals surface area contributed by atoms with Crippen LogP contribution >= 0.6 is 11.6 Å². The molecule has 0 saturated carbocycles. The molecule has 0 fully saturated rings. The molecule has 3 heteroatoms. The first-order valence-electron chi connectivity index (χ1n) is 4.46. The van der Waals surface area contributed by atoms with E-state index in [4.69, 9.17) is 17.3 Å². The zero-order valence-corrected chi connectivity index (χ0v) is 8.01. The van der Waals surface area contributed by atoms with Gasteiger partial charge in [0.25, 0.3) is 0 Å². The number of phenolic OH excluding ortho intramolecular Hbond substituents is 1. The Labute approximate surface area is 82.3 Å². The highest BCUT2D eigenvalue weighted by Crippen LogP contribution is 2.38. The van der Waals surface area contributed by atoms with Gasteiger partial charge in [0.05, 0.1) is 0 Å². The van der Waals surface area contributed by atoms with Gasteiger partial charge in [0.2, 0.25) is 0 Å². The predicted octanol–water partition coefficient (Wildman–Crippen LogP) is 2.38. The Morgan fingerprint density at radius 2 is 2.23 bits per heavy atom. The summed E-state index contributed by atoms with van der Waals surface area (Å²) in [6.07, 6.45) is 2.91. The zero-order chi connectivity index (χ0) is 9.42. The smallest absolute Gasteiger partial charge is 0.120 e. The van der Waals surface area contributed by atoms with E-state index in [1.165, 1.54) is 0 Å². The Bertz CT molecular complexity index is 338. The summed E-state index contributed by atoms with van der Waals surface area (Å²) in [7, 11) is 0. The van der Waals surface area contributed by atoms with E-state index in [1.54, 1.807) is 12.1 Å². The molecule has 2 rings (SSSR count). The van der Waals surface area contributed by atoms with Crippen molar-refractivity contribution >= 4 is 11.6 Å². The molecule has 0 heterocycles. The first-order valence-corrected chi connectivity index (χ1v) is 4.84. The van der Waals surface area contributed by atoms with Crippen molar-refractivity contribution in [3.8, 4) is 5.75 Å². The van der Waals surface area contributed by atoms with Crippen LogP contribution in [0.15, 0.2) is 12.1 Å². The Kier molecular flexibility index (Phi) is 2.18. The molecule has 2 nitrogen and oxygen atoms in total. The maximum absolute atomic E-state index is 9.61. The number of phenols is 1. The summed E-state index contributed by atoms with van der Waals surface area (Å²) in [4.78, 5) is 0. The topological polar surface area (TPSA) is 46.2 Å². The molecule has 0 aliphatic heterocycles. The van der Waals surface area contributed by atoms with Crippen molar-refractivity contribution in [2.45, 2.75) is 25.3 Å². The van der Waals surface area contributed by atoms with Gasteiger partial charge < -0.3 is 10.8 Å². The maximum Gasteiger partial charge on any atom is 0.120 e. The van der Waals surface area contributed by atoms with Crippen molar-refractivity contribution < 1.29 is 5.11 Å². The average molecular weight is 198 g/mol. The van der Waals surface area contributed by atoms with Gasteiger partial charge in [0.15, 0.2) is 0 Å². The summed E-state index contributed by atoms with van der Waals surface area (Å²) < 4.78 is 0. The standard InChI is InChI=1S/C10H12ClNO/c11-7-4-5-9(13)10-6(7)2-1-3-8(10)12/h4-5,8,13H,1-3,12H2/t8-/m1/s1. The SMILES string of the molecule is N[C@@H]1CCCc2c(Cl)ccc(O)c21. The molecule has 0 amide bonds. The number of halogens is 1. The highest BCUT2D eigenvalue weighted by Gasteiger charge is 2.21. The second-order valence-electron chi connectivity index (χ2n) is 3.46. The largest absolute Gasteiger partial charge is 0.508 e. The monoisotopic (exact) mass is 197 g/mol. The average Bonchev–Trinajstić information content (AvgIpc) is 2.12. The molecule has 1 aliphatic carbocycles. The van der Waals surface area contributed by atoms with Gasteiger partial charge in [-0.25, -0.2) is 0 Å². The van der Waals surface area contributed by atoms with Gasteiger partial charge in [-0.1, -0.05) is 11.6 Å². The van der Waals surface area contributed by atoms with Gasteiger partial charge in [-0.15, -0.1) is 0 Å². The molecule has 1 aliphatic rings. The molecule has 1 aromatic rings. The number of benzene rings is 1. The van der Waals surface area contributed by atoms with Crippen LogP contribution in [0.4, 0.5) is 0 Å². The van der Waals surface area contributed by atoms with Crippen molar-refractivity contribution in [3.63, 3.8) is 0 Å². The Morgan fingerprint density at radius 3 is 2.92 bits per heavy atom. The van der Waals surface area contributed by atoms with Crippen LogP contribution in [-0.2, 0) is 6.42 Å². The Morgan fingerprint density at radius 1 is 1.46 bits per heavy atom. The van der Waals surface area contributed by atoms with Crippen molar-refractivity contribution in [2.24, 2.45) is 5.73 Å². The van der Waals surface area contributed by atoms with Gasteiger partial charge in [-0.3, -0.25) is 0 Å². The number of hydrogen-bond donors (Lipinski definition) is 2. The second-order valence-corrected chi connectivity index (χ2v) is 3.86. The summed E-state index contributed by atoms with van der Waals surface area (Å²) in [5.41, 5.74) is 7.77. The third kappa shape index (κ3) is 1.40. The van der Waals surface area contributed by atoms with E-state index < -0.39 is 0 Å². The quantitative estimate of drug-likeness (QED) is 0.671. The van der Waals surface area contributed by atoms with Crippen LogP contribution in [0.3, 0.4) is 0 Å². The number of nitrogens with two attached hydrogens (primary N) is 1. The normalized spacial score (nSPS) is 21.2. The molecule has 1 atom stereocenters. The van der Waals surface area contributed by atoms with Gasteiger partial charge in [-0.2, -0.15) is 0 Å². The van der Waals surface area contributed by atoms with Crippen molar-refractivity contribution in [1.29, 1.82) is 0 Å². The van der Waals surface area contributed by atoms with Crippen LogP contribution in [0.5, 0.6) is 5.75 Å². The van der Waals surface area contributed by atoms with Gasteiger partial charge in [0.1, 0.15) is 5.75 Å². The summed E-state index contributed by atoms with van der Waals surface area (Å²) in [6.45, 7) is 0. The molecule has 70 valence electrons. The van der Waals surface area contributed by atoms with Crippen molar-refractivity contribution in [3.05, 3.63) is 28.3 Å². The molecule has 1 aromatic carbocycles. The Balaban J connectivity index is 2.60. The summed E-state index contributed by atoms with van der Waals surface area (Å²) >= 11 is 6.01. The van der Waals surface area contributed by atoms with Crippen molar-refractivity contribution in [1.82, 2.24) is 0 Å². The van der Waals surface area contributed by atoms with E-state index in [2.05, 4.69) is 0 Å². The van der Waals surface area contributed by atoms with E-state index in [0.717, 1.165) is 35.4 Å². The lowest BCUT2D eigenvalue weighted by Gasteiger charge is -2.23. The summed E-state index contributed by atoms with van der Waals surface area (Å²) in [5, 5.41) is 10.3. The van der Waals surface area contributed by atoms with Crippen molar-refractivity contribution in [2.75, 3.05) is 0 Å². The second kappa shape index (κ2) is 3.20. The minimum absolute atomic E-state index is 0.0533. The first kappa shape index (κ1) is 8.85.